The number of hydrogen-bond acceptors (Lipinski definition) is 2. The SMILES string of the molecule is CCC1CCC(C(=O)O)C(COC(C)C)C1. The molecule has 0 aromatic rings. The minimum atomic E-state index is -0.646. The zero-order chi connectivity index (χ0) is 12.1. The summed E-state index contributed by atoms with van der Waals surface area (Å²) in [6, 6.07) is 0. The van der Waals surface area contributed by atoms with Crippen LogP contribution in [0.5, 0.6) is 0 Å². The van der Waals surface area contributed by atoms with Crippen molar-refractivity contribution in [1.29, 1.82) is 0 Å². The lowest BCUT2D eigenvalue weighted by atomic mass is 9.73. The number of aliphatic carboxylic acids is 1. The molecule has 0 radical (unpaired) electrons. The molecule has 1 fully saturated rings. The van der Waals surface area contributed by atoms with Gasteiger partial charge in [-0.3, -0.25) is 4.79 Å². The van der Waals surface area contributed by atoms with Gasteiger partial charge in [-0.25, -0.2) is 0 Å². The normalized spacial score (nSPS) is 30.6. The maximum absolute atomic E-state index is 11.1. The first kappa shape index (κ1) is 13.5. The molecule has 3 atom stereocenters. The summed E-state index contributed by atoms with van der Waals surface area (Å²) in [5.41, 5.74) is 0. The Kier molecular flexibility index (Phi) is 5.26. The summed E-state index contributed by atoms with van der Waals surface area (Å²) in [6.45, 7) is 6.78. The van der Waals surface area contributed by atoms with Crippen molar-refractivity contribution in [3.8, 4) is 0 Å². The van der Waals surface area contributed by atoms with E-state index in [9.17, 15) is 9.90 Å². The number of carboxylic acids is 1. The predicted octanol–water partition coefficient (Wildman–Crippen LogP) is 2.94. The van der Waals surface area contributed by atoms with Crippen LogP contribution < -0.4 is 0 Å². The highest BCUT2D eigenvalue weighted by Crippen LogP contribution is 2.36. The van der Waals surface area contributed by atoms with Crippen LogP contribution in [0.4, 0.5) is 0 Å². The molecule has 0 amide bonds. The van der Waals surface area contributed by atoms with Gasteiger partial charge in [0.05, 0.1) is 18.6 Å². The average molecular weight is 228 g/mol. The Balaban J connectivity index is 2.53. The molecule has 0 spiro atoms. The fraction of sp³-hybridized carbons (Fsp3) is 0.923. The molecular weight excluding hydrogens is 204 g/mol. The molecule has 0 heterocycles. The molecule has 0 aromatic heterocycles. The molecule has 0 aromatic carbocycles. The highest BCUT2D eigenvalue weighted by molar-refractivity contribution is 5.70. The van der Waals surface area contributed by atoms with E-state index in [-0.39, 0.29) is 17.9 Å². The van der Waals surface area contributed by atoms with E-state index in [1.165, 1.54) is 0 Å². The third-order valence-corrected chi connectivity index (χ3v) is 3.63. The van der Waals surface area contributed by atoms with Gasteiger partial charge in [-0.05, 0) is 44.9 Å². The van der Waals surface area contributed by atoms with Crippen molar-refractivity contribution in [3.63, 3.8) is 0 Å². The van der Waals surface area contributed by atoms with Gasteiger partial charge in [0.25, 0.3) is 0 Å². The fourth-order valence-corrected chi connectivity index (χ4v) is 2.56. The second-order valence-electron chi connectivity index (χ2n) is 5.17. The van der Waals surface area contributed by atoms with E-state index in [1.807, 2.05) is 13.8 Å². The first-order chi connectivity index (χ1) is 7.54. The molecule has 3 nitrogen and oxygen atoms in total. The van der Waals surface area contributed by atoms with Gasteiger partial charge in [0.1, 0.15) is 0 Å². The van der Waals surface area contributed by atoms with E-state index in [0.29, 0.717) is 12.5 Å². The van der Waals surface area contributed by atoms with Crippen LogP contribution in [0.3, 0.4) is 0 Å². The van der Waals surface area contributed by atoms with Crippen LogP contribution in [0.25, 0.3) is 0 Å². The van der Waals surface area contributed by atoms with Gasteiger partial charge in [-0.2, -0.15) is 0 Å². The molecule has 1 N–H and O–H groups in total. The van der Waals surface area contributed by atoms with Crippen LogP contribution in [0, 0.1) is 17.8 Å². The van der Waals surface area contributed by atoms with Gasteiger partial charge in [0.15, 0.2) is 0 Å². The zero-order valence-electron chi connectivity index (χ0n) is 10.6. The molecule has 3 unspecified atom stereocenters. The molecule has 1 rings (SSSR count). The van der Waals surface area contributed by atoms with E-state index >= 15 is 0 Å². The lowest BCUT2D eigenvalue weighted by Gasteiger charge is -2.33. The van der Waals surface area contributed by atoms with Gasteiger partial charge < -0.3 is 9.84 Å². The molecule has 1 saturated carbocycles. The van der Waals surface area contributed by atoms with Crippen molar-refractivity contribution < 1.29 is 14.6 Å². The van der Waals surface area contributed by atoms with Gasteiger partial charge in [0.2, 0.25) is 0 Å². The Labute approximate surface area is 98.2 Å². The number of ether oxygens (including phenoxy) is 1. The molecule has 1 aliphatic carbocycles. The van der Waals surface area contributed by atoms with Crippen LogP contribution in [0.1, 0.15) is 46.5 Å². The minimum absolute atomic E-state index is 0.191. The van der Waals surface area contributed by atoms with Crippen LogP contribution in [0.15, 0.2) is 0 Å². The van der Waals surface area contributed by atoms with Crippen molar-refractivity contribution in [2.24, 2.45) is 17.8 Å². The molecule has 1 aliphatic rings. The summed E-state index contributed by atoms with van der Waals surface area (Å²) in [7, 11) is 0. The summed E-state index contributed by atoms with van der Waals surface area (Å²) < 4.78 is 5.59. The van der Waals surface area contributed by atoms with E-state index in [4.69, 9.17) is 4.74 Å². The maximum Gasteiger partial charge on any atom is 0.306 e. The van der Waals surface area contributed by atoms with Crippen molar-refractivity contribution in [3.05, 3.63) is 0 Å². The first-order valence-corrected chi connectivity index (χ1v) is 6.39. The highest BCUT2D eigenvalue weighted by atomic mass is 16.5. The first-order valence-electron chi connectivity index (χ1n) is 6.39. The maximum atomic E-state index is 11.1. The Morgan fingerprint density at radius 3 is 2.62 bits per heavy atom. The van der Waals surface area contributed by atoms with E-state index in [1.54, 1.807) is 0 Å². The van der Waals surface area contributed by atoms with Crippen molar-refractivity contribution in [2.75, 3.05) is 6.61 Å². The Morgan fingerprint density at radius 1 is 1.44 bits per heavy atom. The second kappa shape index (κ2) is 6.24. The standard InChI is InChI=1S/C13H24O3/c1-4-10-5-6-12(13(14)15)11(7-10)8-16-9(2)3/h9-12H,4-8H2,1-3H3,(H,14,15). The van der Waals surface area contributed by atoms with Crippen molar-refractivity contribution >= 4 is 5.97 Å². The van der Waals surface area contributed by atoms with Gasteiger partial charge in [0, 0.05) is 0 Å². The molecule has 0 aliphatic heterocycles. The number of carbonyl (C=O) groups is 1. The van der Waals surface area contributed by atoms with Crippen LogP contribution >= 0.6 is 0 Å². The minimum Gasteiger partial charge on any atom is -0.481 e. The molecule has 16 heavy (non-hydrogen) atoms. The van der Waals surface area contributed by atoms with E-state index in [0.717, 1.165) is 25.7 Å². The van der Waals surface area contributed by atoms with Gasteiger partial charge in [-0.15, -0.1) is 0 Å². The summed E-state index contributed by atoms with van der Waals surface area (Å²) in [5, 5.41) is 9.18. The Hall–Kier alpha value is -0.570. The summed E-state index contributed by atoms with van der Waals surface area (Å²) in [6.07, 6.45) is 4.24. The largest absolute Gasteiger partial charge is 0.481 e. The topological polar surface area (TPSA) is 46.5 Å². The third kappa shape index (κ3) is 3.78. The van der Waals surface area contributed by atoms with Crippen LogP contribution in [-0.2, 0) is 9.53 Å². The Morgan fingerprint density at radius 2 is 2.12 bits per heavy atom. The molecular formula is C13H24O3. The summed E-state index contributed by atoms with van der Waals surface area (Å²) in [5.74, 6) is 0.0587. The Bertz CT molecular complexity index is 225. The summed E-state index contributed by atoms with van der Waals surface area (Å²) >= 11 is 0. The number of rotatable bonds is 5. The summed E-state index contributed by atoms with van der Waals surface area (Å²) in [4.78, 5) is 11.1. The molecule has 0 saturated heterocycles. The van der Waals surface area contributed by atoms with E-state index < -0.39 is 5.97 Å². The monoisotopic (exact) mass is 228 g/mol. The zero-order valence-corrected chi connectivity index (χ0v) is 10.6. The van der Waals surface area contributed by atoms with Gasteiger partial charge in [-0.1, -0.05) is 13.3 Å². The molecule has 0 bridgehead atoms. The molecule has 3 heteroatoms. The van der Waals surface area contributed by atoms with Crippen molar-refractivity contribution in [1.82, 2.24) is 0 Å². The smallest absolute Gasteiger partial charge is 0.306 e. The van der Waals surface area contributed by atoms with Crippen LogP contribution in [0.2, 0.25) is 0 Å². The van der Waals surface area contributed by atoms with Crippen LogP contribution in [-0.4, -0.2) is 23.8 Å². The highest BCUT2D eigenvalue weighted by Gasteiger charge is 2.34. The quantitative estimate of drug-likeness (QED) is 0.787. The van der Waals surface area contributed by atoms with Gasteiger partial charge >= 0.3 is 5.97 Å². The average Bonchev–Trinajstić information content (AvgIpc) is 2.25. The molecule has 94 valence electrons. The lowest BCUT2D eigenvalue weighted by molar-refractivity contribution is -0.147. The third-order valence-electron chi connectivity index (χ3n) is 3.63. The van der Waals surface area contributed by atoms with Crippen molar-refractivity contribution in [2.45, 2.75) is 52.6 Å². The predicted molar refractivity (Wildman–Crippen MR) is 63.3 cm³/mol. The van der Waals surface area contributed by atoms with E-state index in [2.05, 4.69) is 6.92 Å². The second-order valence-corrected chi connectivity index (χ2v) is 5.17. The lowest BCUT2D eigenvalue weighted by Crippen LogP contribution is -2.34. The fourth-order valence-electron chi connectivity index (χ4n) is 2.56. The number of carboxylic acid groups (broad SMARTS) is 1. The number of hydrogen-bond donors (Lipinski definition) is 1.